The summed E-state index contributed by atoms with van der Waals surface area (Å²) < 4.78 is 2.36. The summed E-state index contributed by atoms with van der Waals surface area (Å²) in [5.41, 5.74) is 3.19. The molecule has 0 aliphatic rings. The highest BCUT2D eigenvalue weighted by molar-refractivity contribution is 6.34. The van der Waals surface area contributed by atoms with E-state index in [1.54, 1.807) is 0 Å². The Morgan fingerprint density at radius 1 is 1.29 bits per heavy atom. The second-order valence-corrected chi connectivity index (χ2v) is 6.07. The van der Waals surface area contributed by atoms with E-state index in [2.05, 4.69) is 35.7 Å². The Labute approximate surface area is 131 Å². The predicted molar refractivity (Wildman–Crippen MR) is 89.1 cm³/mol. The second kappa shape index (κ2) is 7.28. The molecule has 0 aliphatic carbocycles. The molecule has 1 N–H and O–H groups in total. The molecule has 2 aromatic rings. The summed E-state index contributed by atoms with van der Waals surface area (Å²) in [5, 5.41) is 10.9. The lowest BCUT2D eigenvalue weighted by molar-refractivity contribution is 0.300. The maximum atomic E-state index is 9.31. The van der Waals surface area contributed by atoms with Crippen LogP contribution in [0.5, 0.6) is 0 Å². The molecule has 0 amide bonds. The van der Waals surface area contributed by atoms with Gasteiger partial charge in [-0.25, -0.2) is 4.98 Å². The van der Waals surface area contributed by atoms with Gasteiger partial charge in [-0.05, 0) is 37.8 Å². The van der Waals surface area contributed by atoms with Gasteiger partial charge in [0.05, 0.1) is 5.52 Å². The van der Waals surface area contributed by atoms with Crippen molar-refractivity contribution in [2.45, 2.75) is 58.9 Å². The standard InChI is InChI=1S/C17H25ClN2O/c1-4-6-14(7-5-2)20-11-13(8-9-21)16-15(20)10-12(3)19-17(16)18/h10-11,14,21H,4-9H2,1-3H3. The van der Waals surface area contributed by atoms with Crippen molar-refractivity contribution in [3.05, 3.63) is 28.7 Å². The van der Waals surface area contributed by atoms with Gasteiger partial charge in [-0.2, -0.15) is 0 Å². The molecule has 0 fully saturated rings. The molecule has 0 bridgehead atoms. The van der Waals surface area contributed by atoms with Crippen molar-refractivity contribution in [3.8, 4) is 0 Å². The third-order valence-electron chi connectivity index (χ3n) is 4.00. The minimum Gasteiger partial charge on any atom is -0.396 e. The first-order valence-electron chi connectivity index (χ1n) is 7.89. The molecule has 0 aromatic carbocycles. The number of hydrogen-bond acceptors (Lipinski definition) is 2. The van der Waals surface area contributed by atoms with Crippen molar-refractivity contribution in [2.75, 3.05) is 6.61 Å². The number of aromatic nitrogens is 2. The molecule has 0 saturated carbocycles. The van der Waals surface area contributed by atoms with Gasteiger partial charge in [0, 0.05) is 29.9 Å². The van der Waals surface area contributed by atoms with Crippen LogP contribution in [0.3, 0.4) is 0 Å². The van der Waals surface area contributed by atoms with Gasteiger partial charge < -0.3 is 9.67 Å². The fraction of sp³-hybridized carbons (Fsp3) is 0.588. The van der Waals surface area contributed by atoms with Crippen LogP contribution in [0, 0.1) is 6.92 Å². The number of aliphatic hydroxyl groups is 1. The van der Waals surface area contributed by atoms with Crippen LogP contribution in [-0.2, 0) is 6.42 Å². The Morgan fingerprint density at radius 3 is 2.52 bits per heavy atom. The predicted octanol–water partition coefficient (Wildman–Crippen LogP) is 4.67. The quantitative estimate of drug-likeness (QED) is 0.754. The molecule has 2 heterocycles. The number of nitrogens with zero attached hydrogens (tertiary/aromatic N) is 2. The lowest BCUT2D eigenvalue weighted by atomic mass is 10.1. The summed E-state index contributed by atoms with van der Waals surface area (Å²) in [5.74, 6) is 0. The van der Waals surface area contributed by atoms with Crippen LogP contribution >= 0.6 is 11.6 Å². The Balaban J connectivity index is 2.61. The molecule has 4 heteroatoms. The van der Waals surface area contributed by atoms with Gasteiger partial charge in [-0.3, -0.25) is 0 Å². The largest absolute Gasteiger partial charge is 0.396 e. The molecule has 0 unspecified atom stereocenters. The molecule has 0 saturated heterocycles. The van der Waals surface area contributed by atoms with Crippen LogP contribution in [0.4, 0.5) is 0 Å². The highest BCUT2D eigenvalue weighted by Crippen LogP contribution is 2.33. The van der Waals surface area contributed by atoms with Gasteiger partial charge in [0.2, 0.25) is 0 Å². The van der Waals surface area contributed by atoms with Gasteiger partial charge in [0.1, 0.15) is 5.15 Å². The van der Waals surface area contributed by atoms with Crippen molar-refractivity contribution in [1.29, 1.82) is 0 Å². The molecule has 0 radical (unpaired) electrons. The molecule has 21 heavy (non-hydrogen) atoms. The number of halogens is 1. The van der Waals surface area contributed by atoms with Gasteiger partial charge >= 0.3 is 0 Å². The molecule has 0 atom stereocenters. The molecule has 0 aliphatic heterocycles. The smallest absolute Gasteiger partial charge is 0.138 e. The molecule has 2 aromatic heterocycles. The Bertz CT molecular complexity index is 600. The van der Waals surface area contributed by atoms with E-state index in [1.165, 1.54) is 0 Å². The van der Waals surface area contributed by atoms with Crippen LogP contribution in [0.25, 0.3) is 10.9 Å². The minimum atomic E-state index is 0.134. The summed E-state index contributed by atoms with van der Waals surface area (Å²) in [6, 6.07) is 2.60. The van der Waals surface area contributed by atoms with Gasteiger partial charge in [0.15, 0.2) is 0 Å². The maximum Gasteiger partial charge on any atom is 0.138 e. The van der Waals surface area contributed by atoms with Crippen LogP contribution in [0.1, 0.15) is 56.8 Å². The van der Waals surface area contributed by atoms with E-state index in [-0.39, 0.29) is 6.61 Å². The summed E-state index contributed by atoms with van der Waals surface area (Å²) in [6.07, 6.45) is 7.45. The van der Waals surface area contributed by atoms with Crippen LogP contribution in [0.2, 0.25) is 5.15 Å². The van der Waals surface area contributed by atoms with Crippen molar-refractivity contribution in [1.82, 2.24) is 9.55 Å². The van der Waals surface area contributed by atoms with Gasteiger partial charge in [-0.15, -0.1) is 0 Å². The molecule has 3 nitrogen and oxygen atoms in total. The third-order valence-corrected chi connectivity index (χ3v) is 4.27. The average molecular weight is 309 g/mol. The zero-order chi connectivity index (χ0) is 15.4. The summed E-state index contributed by atoms with van der Waals surface area (Å²) in [7, 11) is 0. The monoisotopic (exact) mass is 308 g/mol. The minimum absolute atomic E-state index is 0.134. The first-order chi connectivity index (χ1) is 10.1. The Hall–Kier alpha value is -1.06. The number of aliphatic hydroxyl groups excluding tert-OH is 1. The van der Waals surface area contributed by atoms with E-state index < -0.39 is 0 Å². The number of aryl methyl sites for hydroxylation is 1. The number of fused-ring (bicyclic) bond motifs is 1. The van der Waals surface area contributed by atoms with Crippen molar-refractivity contribution >= 4 is 22.5 Å². The summed E-state index contributed by atoms with van der Waals surface area (Å²) in [6.45, 7) is 6.56. The van der Waals surface area contributed by atoms with Crippen molar-refractivity contribution in [3.63, 3.8) is 0 Å². The summed E-state index contributed by atoms with van der Waals surface area (Å²) >= 11 is 6.37. The fourth-order valence-electron chi connectivity index (χ4n) is 3.12. The fourth-order valence-corrected chi connectivity index (χ4v) is 3.47. The van der Waals surface area contributed by atoms with E-state index in [1.807, 2.05) is 6.92 Å². The Morgan fingerprint density at radius 2 is 1.95 bits per heavy atom. The lowest BCUT2D eigenvalue weighted by Crippen LogP contribution is -2.07. The molecular formula is C17H25ClN2O. The first kappa shape index (κ1) is 16.3. The van der Waals surface area contributed by atoms with Crippen LogP contribution < -0.4 is 0 Å². The van der Waals surface area contributed by atoms with Crippen LogP contribution in [0.15, 0.2) is 12.3 Å². The summed E-state index contributed by atoms with van der Waals surface area (Å²) in [4.78, 5) is 4.38. The van der Waals surface area contributed by atoms with E-state index in [9.17, 15) is 5.11 Å². The van der Waals surface area contributed by atoms with E-state index in [0.29, 0.717) is 17.6 Å². The molecule has 0 spiro atoms. The number of hydrogen-bond donors (Lipinski definition) is 1. The van der Waals surface area contributed by atoms with E-state index in [4.69, 9.17) is 11.6 Å². The van der Waals surface area contributed by atoms with Crippen molar-refractivity contribution in [2.24, 2.45) is 0 Å². The topological polar surface area (TPSA) is 38.0 Å². The highest BCUT2D eigenvalue weighted by atomic mass is 35.5. The number of rotatable bonds is 7. The van der Waals surface area contributed by atoms with Gasteiger partial charge in [0.25, 0.3) is 0 Å². The molecule has 2 rings (SSSR count). The average Bonchev–Trinajstić information content (AvgIpc) is 2.77. The zero-order valence-corrected chi connectivity index (χ0v) is 14.0. The zero-order valence-electron chi connectivity index (χ0n) is 13.2. The van der Waals surface area contributed by atoms with Gasteiger partial charge in [-0.1, -0.05) is 38.3 Å². The number of pyridine rings is 1. The molecule has 116 valence electrons. The van der Waals surface area contributed by atoms with E-state index in [0.717, 1.165) is 47.8 Å². The van der Waals surface area contributed by atoms with Crippen LogP contribution in [-0.4, -0.2) is 21.3 Å². The van der Waals surface area contributed by atoms with E-state index >= 15 is 0 Å². The Kier molecular flexibility index (Phi) is 5.65. The lowest BCUT2D eigenvalue weighted by Gasteiger charge is -2.19. The highest BCUT2D eigenvalue weighted by Gasteiger charge is 2.18. The normalized spacial score (nSPS) is 11.7. The maximum absolute atomic E-state index is 9.31. The third kappa shape index (κ3) is 3.41. The van der Waals surface area contributed by atoms with Crippen molar-refractivity contribution < 1.29 is 5.11 Å². The SMILES string of the molecule is CCCC(CCC)n1cc(CCO)c2c(Cl)nc(C)cc21. The first-order valence-corrected chi connectivity index (χ1v) is 8.27. The molecular weight excluding hydrogens is 284 g/mol. The second-order valence-electron chi connectivity index (χ2n) is 5.71.